The molecule has 1 N–H and O–H groups in total. The molecule has 4 nitrogen and oxygen atoms in total. The largest absolute Gasteiger partial charge is 0.324 e. The fraction of sp³-hybridized carbons (Fsp3) is 0.556. The van der Waals surface area contributed by atoms with E-state index < -0.39 is 0 Å². The van der Waals surface area contributed by atoms with Crippen LogP contribution in [0, 0.1) is 11.8 Å². The number of carbonyl (C=O) groups is 2. The normalized spacial score (nSPS) is 23.8. The van der Waals surface area contributed by atoms with Gasteiger partial charge in [-0.05, 0) is 44.2 Å². The van der Waals surface area contributed by atoms with Crippen LogP contribution >= 0.6 is 0 Å². The number of ketones is 1. The van der Waals surface area contributed by atoms with Gasteiger partial charge in [0.1, 0.15) is 0 Å². The highest BCUT2D eigenvalue weighted by Gasteiger charge is 2.29. The lowest BCUT2D eigenvalue weighted by Crippen LogP contribution is -2.48. The van der Waals surface area contributed by atoms with E-state index in [1.165, 1.54) is 13.3 Å². The second-order valence-electron chi connectivity index (χ2n) is 6.67. The van der Waals surface area contributed by atoms with Crippen LogP contribution in [0.15, 0.2) is 24.3 Å². The fourth-order valence-electron chi connectivity index (χ4n) is 3.33. The molecule has 120 valence electrons. The van der Waals surface area contributed by atoms with E-state index in [1.54, 1.807) is 12.1 Å². The molecule has 0 aliphatic carbocycles. The second-order valence-corrected chi connectivity index (χ2v) is 6.67. The highest BCUT2D eigenvalue weighted by Crippen LogP contribution is 2.23. The van der Waals surface area contributed by atoms with Crippen LogP contribution in [-0.4, -0.2) is 35.7 Å². The second kappa shape index (κ2) is 7.05. The molecule has 1 aromatic rings. The molecule has 0 aromatic heterocycles. The number of hydrogen-bond donors (Lipinski definition) is 1. The Labute approximate surface area is 132 Å². The van der Waals surface area contributed by atoms with E-state index in [0.29, 0.717) is 23.1 Å². The predicted octanol–water partition coefficient (Wildman–Crippen LogP) is 3.19. The predicted molar refractivity (Wildman–Crippen MR) is 89.1 cm³/mol. The summed E-state index contributed by atoms with van der Waals surface area (Å²) in [6.07, 6.45) is 1.22. The van der Waals surface area contributed by atoms with Gasteiger partial charge in [0.15, 0.2) is 5.78 Å². The summed E-state index contributed by atoms with van der Waals surface area (Å²) < 4.78 is 0. The maximum atomic E-state index is 12.5. The third-order valence-electron chi connectivity index (χ3n) is 4.39. The van der Waals surface area contributed by atoms with E-state index in [2.05, 4.69) is 24.1 Å². The zero-order valence-corrected chi connectivity index (χ0v) is 13.9. The molecule has 2 rings (SSSR count). The Morgan fingerprint density at radius 1 is 1.18 bits per heavy atom. The lowest BCUT2D eigenvalue weighted by Gasteiger charge is -2.38. The first kappa shape index (κ1) is 16.7. The molecule has 3 atom stereocenters. The van der Waals surface area contributed by atoms with Crippen LogP contribution in [0.5, 0.6) is 0 Å². The van der Waals surface area contributed by atoms with Gasteiger partial charge < -0.3 is 5.32 Å². The van der Waals surface area contributed by atoms with Gasteiger partial charge in [-0.25, -0.2) is 0 Å². The van der Waals surface area contributed by atoms with Crippen molar-refractivity contribution in [1.82, 2.24) is 4.90 Å². The number of likely N-dealkylation sites (tertiary alicyclic amines) is 1. The molecular weight excluding hydrogens is 276 g/mol. The Morgan fingerprint density at radius 3 is 2.36 bits per heavy atom. The summed E-state index contributed by atoms with van der Waals surface area (Å²) in [6.45, 7) is 9.83. The standard InChI is InChI=1S/C18H26N2O2/c1-12-9-13(2)11-20(10-12)14(3)18(22)19-17-8-6-5-7-16(17)15(4)21/h5-8,12-14H,9-11H2,1-4H3,(H,19,22)/t12-,13-,14-/m0/s1. The summed E-state index contributed by atoms with van der Waals surface area (Å²) in [5.41, 5.74) is 1.16. The minimum Gasteiger partial charge on any atom is -0.324 e. The molecule has 0 radical (unpaired) electrons. The van der Waals surface area contributed by atoms with Crippen LogP contribution in [0.1, 0.15) is 44.5 Å². The highest BCUT2D eigenvalue weighted by atomic mass is 16.2. The molecule has 1 heterocycles. The molecule has 22 heavy (non-hydrogen) atoms. The van der Waals surface area contributed by atoms with Crippen molar-refractivity contribution in [2.24, 2.45) is 11.8 Å². The van der Waals surface area contributed by atoms with E-state index >= 15 is 0 Å². The van der Waals surface area contributed by atoms with Gasteiger partial charge in [-0.1, -0.05) is 26.0 Å². The van der Waals surface area contributed by atoms with Crippen LogP contribution in [0.3, 0.4) is 0 Å². The average Bonchev–Trinajstić information content (AvgIpc) is 2.45. The first-order valence-electron chi connectivity index (χ1n) is 8.03. The molecule has 1 amide bonds. The Morgan fingerprint density at radius 2 is 1.77 bits per heavy atom. The van der Waals surface area contributed by atoms with Crippen LogP contribution < -0.4 is 5.32 Å². The third kappa shape index (κ3) is 3.95. The van der Waals surface area contributed by atoms with E-state index in [-0.39, 0.29) is 17.7 Å². The number of para-hydroxylation sites is 1. The van der Waals surface area contributed by atoms with E-state index in [1.807, 2.05) is 19.1 Å². The summed E-state index contributed by atoms with van der Waals surface area (Å²) in [4.78, 5) is 26.4. The summed E-state index contributed by atoms with van der Waals surface area (Å²) in [6, 6.07) is 6.98. The molecule has 1 aliphatic rings. The fourth-order valence-corrected chi connectivity index (χ4v) is 3.33. The van der Waals surface area contributed by atoms with Crippen molar-refractivity contribution in [1.29, 1.82) is 0 Å². The summed E-state index contributed by atoms with van der Waals surface area (Å²) >= 11 is 0. The number of Topliss-reactive ketones (excluding diaryl/α,β-unsaturated/α-hetero) is 1. The number of anilines is 1. The first-order valence-corrected chi connectivity index (χ1v) is 8.03. The number of rotatable bonds is 4. The average molecular weight is 302 g/mol. The highest BCUT2D eigenvalue weighted by molar-refractivity contribution is 6.04. The smallest absolute Gasteiger partial charge is 0.241 e. The Kier molecular flexibility index (Phi) is 5.35. The van der Waals surface area contributed by atoms with Gasteiger partial charge >= 0.3 is 0 Å². The zero-order chi connectivity index (χ0) is 16.3. The SMILES string of the molecule is CC(=O)c1ccccc1NC(=O)[C@H](C)N1C[C@@H](C)C[C@H](C)C1. The Bertz CT molecular complexity index is 546. The van der Waals surface area contributed by atoms with Gasteiger partial charge in [0.2, 0.25) is 5.91 Å². The molecule has 1 aliphatic heterocycles. The van der Waals surface area contributed by atoms with Crippen molar-refractivity contribution >= 4 is 17.4 Å². The number of nitrogens with one attached hydrogen (secondary N) is 1. The third-order valence-corrected chi connectivity index (χ3v) is 4.39. The van der Waals surface area contributed by atoms with E-state index in [4.69, 9.17) is 0 Å². The van der Waals surface area contributed by atoms with Gasteiger partial charge in [-0.3, -0.25) is 14.5 Å². The number of piperidine rings is 1. The zero-order valence-electron chi connectivity index (χ0n) is 13.9. The molecule has 0 unspecified atom stereocenters. The molecule has 1 saturated heterocycles. The lowest BCUT2D eigenvalue weighted by molar-refractivity contribution is -0.121. The summed E-state index contributed by atoms with van der Waals surface area (Å²) in [7, 11) is 0. The topological polar surface area (TPSA) is 49.4 Å². The van der Waals surface area contributed by atoms with Gasteiger partial charge in [-0.2, -0.15) is 0 Å². The molecule has 1 aromatic carbocycles. The Balaban J connectivity index is 2.07. The summed E-state index contributed by atoms with van der Waals surface area (Å²) in [5.74, 6) is 1.14. The number of amides is 1. The molecule has 1 fully saturated rings. The van der Waals surface area contributed by atoms with Crippen molar-refractivity contribution in [2.75, 3.05) is 18.4 Å². The van der Waals surface area contributed by atoms with Gasteiger partial charge in [0.25, 0.3) is 0 Å². The van der Waals surface area contributed by atoms with Crippen molar-refractivity contribution < 1.29 is 9.59 Å². The van der Waals surface area contributed by atoms with Gasteiger partial charge in [0, 0.05) is 18.7 Å². The van der Waals surface area contributed by atoms with Crippen molar-refractivity contribution in [3.63, 3.8) is 0 Å². The van der Waals surface area contributed by atoms with Crippen LogP contribution in [-0.2, 0) is 4.79 Å². The minimum atomic E-state index is -0.190. The monoisotopic (exact) mass is 302 g/mol. The van der Waals surface area contributed by atoms with Crippen molar-refractivity contribution in [2.45, 2.75) is 40.2 Å². The van der Waals surface area contributed by atoms with E-state index in [0.717, 1.165) is 13.1 Å². The Hall–Kier alpha value is -1.68. The lowest BCUT2D eigenvalue weighted by atomic mass is 9.91. The van der Waals surface area contributed by atoms with Gasteiger partial charge in [-0.15, -0.1) is 0 Å². The maximum Gasteiger partial charge on any atom is 0.241 e. The van der Waals surface area contributed by atoms with Crippen molar-refractivity contribution in [3.8, 4) is 0 Å². The molecule has 0 saturated carbocycles. The number of carbonyl (C=O) groups excluding carboxylic acids is 2. The number of hydrogen-bond acceptors (Lipinski definition) is 3. The minimum absolute atomic E-state index is 0.0382. The van der Waals surface area contributed by atoms with Crippen LogP contribution in [0.4, 0.5) is 5.69 Å². The number of nitrogens with zero attached hydrogens (tertiary/aromatic N) is 1. The molecule has 4 heteroatoms. The van der Waals surface area contributed by atoms with E-state index in [9.17, 15) is 9.59 Å². The van der Waals surface area contributed by atoms with Crippen LogP contribution in [0.2, 0.25) is 0 Å². The summed E-state index contributed by atoms with van der Waals surface area (Å²) in [5, 5.41) is 2.92. The van der Waals surface area contributed by atoms with Crippen molar-refractivity contribution in [3.05, 3.63) is 29.8 Å². The molecular formula is C18H26N2O2. The maximum absolute atomic E-state index is 12.5. The number of benzene rings is 1. The molecule has 0 bridgehead atoms. The van der Waals surface area contributed by atoms with Crippen LogP contribution in [0.25, 0.3) is 0 Å². The van der Waals surface area contributed by atoms with Gasteiger partial charge in [0.05, 0.1) is 11.7 Å². The quantitative estimate of drug-likeness (QED) is 0.869. The molecule has 0 spiro atoms. The first-order chi connectivity index (χ1) is 10.4.